The highest BCUT2D eigenvalue weighted by atomic mass is 16.4. The van der Waals surface area contributed by atoms with Crippen LogP contribution in [0.4, 0.5) is 0 Å². The van der Waals surface area contributed by atoms with Crippen molar-refractivity contribution in [2.24, 2.45) is 11.8 Å². The van der Waals surface area contributed by atoms with Crippen LogP contribution in [0.25, 0.3) is 0 Å². The Balaban J connectivity index is 1.35. The van der Waals surface area contributed by atoms with Gasteiger partial charge in [-0.1, -0.05) is 24.3 Å². The van der Waals surface area contributed by atoms with Gasteiger partial charge in [-0.15, -0.1) is 0 Å². The number of rotatable bonds is 6. The molecular formula is C17H22N2O3. The second kappa shape index (κ2) is 6.48. The van der Waals surface area contributed by atoms with Crippen molar-refractivity contribution in [1.82, 2.24) is 10.2 Å². The fourth-order valence-electron chi connectivity index (χ4n) is 3.15. The Morgan fingerprint density at radius 3 is 2.73 bits per heavy atom. The molecule has 0 aromatic heterocycles. The summed E-state index contributed by atoms with van der Waals surface area (Å²) in [6.07, 6.45) is 2.48. The standard InChI is InChI=1S/C17H22N2O3/c20-16(14-10-15(14)17(21)22)18-7-3-8-19-9-6-12-4-1-2-5-13(12)11-19/h1-2,4-5,14-15H,3,6-11H2,(H,18,20)(H,21,22)/t14-,15+/m1/s1. The van der Waals surface area contributed by atoms with E-state index in [9.17, 15) is 9.59 Å². The van der Waals surface area contributed by atoms with Crippen molar-refractivity contribution in [3.05, 3.63) is 35.4 Å². The van der Waals surface area contributed by atoms with Gasteiger partial charge in [-0.3, -0.25) is 14.5 Å². The van der Waals surface area contributed by atoms with Crippen molar-refractivity contribution in [2.45, 2.75) is 25.8 Å². The summed E-state index contributed by atoms with van der Waals surface area (Å²) in [5.41, 5.74) is 2.85. The molecule has 5 nitrogen and oxygen atoms in total. The van der Waals surface area contributed by atoms with Crippen molar-refractivity contribution >= 4 is 11.9 Å². The minimum atomic E-state index is -0.855. The number of carboxylic acid groups (broad SMARTS) is 1. The number of hydrogen-bond donors (Lipinski definition) is 2. The van der Waals surface area contributed by atoms with Gasteiger partial charge >= 0.3 is 5.97 Å². The molecule has 1 aromatic rings. The normalized spacial score (nSPS) is 23.6. The number of amides is 1. The van der Waals surface area contributed by atoms with Gasteiger partial charge in [0.1, 0.15) is 0 Å². The molecule has 2 atom stereocenters. The molecular weight excluding hydrogens is 280 g/mol. The van der Waals surface area contributed by atoms with Crippen molar-refractivity contribution in [2.75, 3.05) is 19.6 Å². The third-order valence-corrected chi connectivity index (χ3v) is 4.60. The van der Waals surface area contributed by atoms with E-state index in [1.807, 2.05) is 0 Å². The molecule has 0 saturated heterocycles. The Morgan fingerprint density at radius 2 is 2.00 bits per heavy atom. The van der Waals surface area contributed by atoms with Gasteiger partial charge in [0.25, 0.3) is 0 Å². The molecule has 1 amide bonds. The van der Waals surface area contributed by atoms with Crippen LogP contribution in [0.1, 0.15) is 24.0 Å². The quantitative estimate of drug-likeness (QED) is 0.777. The maximum atomic E-state index is 11.7. The average molecular weight is 302 g/mol. The number of aliphatic carboxylic acids is 1. The first-order chi connectivity index (χ1) is 10.6. The zero-order valence-corrected chi connectivity index (χ0v) is 12.6. The first kappa shape index (κ1) is 15.0. The van der Waals surface area contributed by atoms with Crippen LogP contribution in [-0.2, 0) is 22.6 Å². The van der Waals surface area contributed by atoms with Gasteiger partial charge in [-0.25, -0.2) is 0 Å². The van der Waals surface area contributed by atoms with Crippen LogP contribution in [0, 0.1) is 11.8 Å². The molecule has 1 heterocycles. The van der Waals surface area contributed by atoms with Gasteiger partial charge in [0.15, 0.2) is 0 Å². The molecule has 0 radical (unpaired) electrons. The third kappa shape index (κ3) is 3.47. The second-order valence-corrected chi connectivity index (χ2v) is 6.23. The molecule has 2 N–H and O–H groups in total. The van der Waals surface area contributed by atoms with E-state index < -0.39 is 11.9 Å². The minimum Gasteiger partial charge on any atom is -0.481 e. The molecule has 118 valence electrons. The molecule has 1 fully saturated rings. The zero-order valence-electron chi connectivity index (χ0n) is 12.6. The lowest BCUT2D eigenvalue weighted by molar-refractivity contribution is -0.140. The summed E-state index contributed by atoms with van der Waals surface area (Å²) >= 11 is 0. The minimum absolute atomic E-state index is 0.101. The highest BCUT2D eigenvalue weighted by molar-refractivity contribution is 5.89. The Morgan fingerprint density at radius 1 is 1.23 bits per heavy atom. The highest BCUT2D eigenvalue weighted by Crippen LogP contribution is 2.38. The van der Waals surface area contributed by atoms with Crippen LogP contribution in [0.3, 0.4) is 0 Å². The Bertz CT molecular complexity index is 573. The highest BCUT2D eigenvalue weighted by Gasteiger charge is 2.48. The monoisotopic (exact) mass is 302 g/mol. The van der Waals surface area contributed by atoms with Crippen LogP contribution in [0.15, 0.2) is 24.3 Å². The zero-order chi connectivity index (χ0) is 15.5. The van der Waals surface area contributed by atoms with Crippen molar-refractivity contribution < 1.29 is 14.7 Å². The summed E-state index contributed by atoms with van der Waals surface area (Å²) in [5, 5.41) is 11.7. The number of carboxylic acids is 1. The molecule has 2 aliphatic rings. The topological polar surface area (TPSA) is 69.6 Å². The number of nitrogens with zero attached hydrogens (tertiary/aromatic N) is 1. The fraction of sp³-hybridized carbons (Fsp3) is 0.529. The van der Waals surface area contributed by atoms with Gasteiger partial charge in [-0.05, 0) is 30.4 Å². The molecule has 22 heavy (non-hydrogen) atoms. The van der Waals surface area contributed by atoms with Crippen molar-refractivity contribution in [3.63, 3.8) is 0 Å². The van der Waals surface area contributed by atoms with Crippen molar-refractivity contribution in [3.8, 4) is 0 Å². The number of carbonyl (C=O) groups excluding carboxylic acids is 1. The molecule has 1 saturated carbocycles. The Kier molecular flexibility index (Phi) is 4.43. The number of carbonyl (C=O) groups is 2. The van der Waals surface area contributed by atoms with Gasteiger partial charge in [-0.2, -0.15) is 0 Å². The molecule has 5 heteroatoms. The van der Waals surface area contributed by atoms with Gasteiger partial charge in [0.2, 0.25) is 5.91 Å². The third-order valence-electron chi connectivity index (χ3n) is 4.60. The Labute approximate surface area is 130 Å². The van der Waals surface area contributed by atoms with Crippen LogP contribution in [0.5, 0.6) is 0 Å². The van der Waals surface area contributed by atoms with Crippen LogP contribution < -0.4 is 5.32 Å². The summed E-state index contributed by atoms with van der Waals surface area (Å²) in [4.78, 5) is 24.9. The summed E-state index contributed by atoms with van der Waals surface area (Å²) < 4.78 is 0. The SMILES string of the molecule is O=C(O)[C@H]1C[C@H]1C(=O)NCCCN1CCc2ccccc2C1. The molecule has 3 rings (SSSR count). The molecule has 1 aromatic carbocycles. The van der Waals surface area contributed by atoms with Crippen LogP contribution in [0.2, 0.25) is 0 Å². The summed E-state index contributed by atoms with van der Waals surface area (Å²) in [7, 11) is 0. The molecule has 0 spiro atoms. The number of benzene rings is 1. The fourth-order valence-corrected chi connectivity index (χ4v) is 3.15. The van der Waals surface area contributed by atoms with E-state index in [0.29, 0.717) is 13.0 Å². The Hall–Kier alpha value is -1.88. The van der Waals surface area contributed by atoms with E-state index in [1.165, 1.54) is 11.1 Å². The van der Waals surface area contributed by atoms with E-state index in [1.54, 1.807) is 0 Å². The second-order valence-electron chi connectivity index (χ2n) is 6.23. The first-order valence-corrected chi connectivity index (χ1v) is 7.95. The lowest BCUT2D eigenvalue weighted by Crippen LogP contribution is -2.34. The maximum Gasteiger partial charge on any atom is 0.307 e. The first-order valence-electron chi connectivity index (χ1n) is 7.95. The predicted molar refractivity (Wildman–Crippen MR) is 82.3 cm³/mol. The number of hydrogen-bond acceptors (Lipinski definition) is 3. The summed E-state index contributed by atoms with van der Waals surface area (Å²) in [5.74, 6) is -1.72. The van der Waals surface area contributed by atoms with Crippen LogP contribution in [-0.4, -0.2) is 41.5 Å². The van der Waals surface area contributed by atoms with Gasteiger partial charge in [0.05, 0.1) is 11.8 Å². The smallest absolute Gasteiger partial charge is 0.307 e. The average Bonchev–Trinajstić information content (AvgIpc) is 3.32. The largest absolute Gasteiger partial charge is 0.481 e. The van der Waals surface area contributed by atoms with E-state index in [-0.39, 0.29) is 11.8 Å². The van der Waals surface area contributed by atoms with Gasteiger partial charge < -0.3 is 10.4 Å². The van der Waals surface area contributed by atoms with E-state index >= 15 is 0 Å². The molecule has 0 bridgehead atoms. The molecule has 1 aliphatic carbocycles. The predicted octanol–water partition coefficient (Wildman–Crippen LogP) is 1.27. The summed E-state index contributed by atoms with van der Waals surface area (Å²) in [6.45, 7) is 3.63. The lowest BCUT2D eigenvalue weighted by atomic mass is 10.00. The molecule has 1 aliphatic heterocycles. The molecule has 0 unspecified atom stereocenters. The van der Waals surface area contributed by atoms with E-state index in [2.05, 4.69) is 34.5 Å². The maximum absolute atomic E-state index is 11.7. The number of nitrogens with one attached hydrogen (secondary N) is 1. The van der Waals surface area contributed by atoms with Gasteiger partial charge in [0, 0.05) is 26.2 Å². The van der Waals surface area contributed by atoms with Crippen LogP contribution >= 0.6 is 0 Å². The summed E-state index contributed by atoms with van der Waals surface area (Å²) in [6, 6.07) is 8.55. The number of fused-ring (bicyclic) bond motifs is 1. The van der Waals surface area contributed by atoms with Crippen molar-refractivity contribution in [1.29, 1.82) is 0 Å². The van der Waals surface area contributed by atoms with E-state index in [4.69, 9.17) is 5.11 Å². The van der Waals surface area contributed by atoms with E-state index in [0.717, 1.165) is 32.5 Å². The lowest BCUT2D eigenvalue weighted by Gasteiger charge is -2.28.